The van der Waals surface area contributed by atoms with Crippen molar-refractivity contribution in [2.75, 3.05) is 25.6 Å². The molecule has 4 nitrogen and oxygen atoms in total. The normalized spacial score (nSPS) is 11.7. The predicted molar refractivity (Wildman–Crippen MR) is 101 cm³/mol. The number of rotatable bonds is 6. The summed E-state index contributed by atoms with van der Waals surface area (Å²) >= 11 is 3.41. The van der Waals surface area contributed by atoms with Crippen LogP contribution in [-0.4, -0.2) is 35.9 Å². The number of benzene rings is 1. The van der Waals surface area contributed by atoms with E-state index in [0.717, 1.165) is 36.5 Å². The monoisotopic (exact) mass is 594 g/mol. The second kappa shape index (κ2) is 17.1. The van der Waals surface area contributed by atoms with Crippen molar-refractivity contribution >= 4 is 33.9 Å². The number of nitrogens with two attached hydrogens (primary N) is 2. The summed E-state index contributed by atoms with van der Waals surface area (Å²) in [6.45, 7) is 7.81. The van der Waals surface area contributed by atoms with Gasteiger partial charge >= 0.3 is 0 Å². The van der Waals surface area contributed by atoms with E-state index in [0.29, 0.717) is 0 Å². The molecule has 1 aromatic carbocycles. The number of thioether (sulfide) groups is 2. The Labute approximate surface area is 189 Å². The smallest absolute Gasteiger partial charge is 0.255 e. The summed E-state index contributed by atoms with van der Waals surface area (Å²) in [4.78, 5) is 9.32. The minimum Gasteiger partial charge on any atom is -1.00 e. The fourth-order valence-electron chi connectivity index (χ4n) is 1.94. The highest BCUT2D eigenvalue weighted by molar-refractivity contribution is 8.12. The summed E-state index contributed by atoms with van der Waals surface area (Å²) in [5, 5.41) is 6.58. The van der Waals surface area contributed by atoms with Gasteiger partial charge in [0.15, 0.2) is 0 Å². The van der Waals surface area contributed by atoms with Gasteiger partial charge in [0.25, 0.3) is 10.3 Å². The average Bonchev–Trinajstić information content (AvgIpc) is 2.55. The van der Waals surface area contributed by atoms with E-state index in [1.165, 1.54) is 11.1 Å². The molecule has 0 spiro atoms. The maximum absolute atomic E-state index is 4.66. The lowest BCUT2D eigenvalue weighted by molar-refractivity contribution is -0.530. The lowest BCUT2D eigenvalue weighted by Gasteiger charge is -2.03. The molecule has 1 rings (SSSR count). The molecular formula is C16H28I2N4S2. The van der Waals surface area contributed by atoms with Crippen molar-refractivity contribution in [1.29, 1.82) is 0 Å². The van der Waals surface area contributed by atoms with Crippen LogP contribution in [-0.2, 0) is 13.1 Å². The predicted octanol–water partition coefficient (Wildman–Crippen LogP) is -4.70. The van der Waals surface area contributed by atoms with Gasteiger partial charge in [0.05, 0.1) is 26.2 Å². The number of nitrogens with zero attached hydrogens (tertiary/aromatic N) is 2. The number of halogens is 2. The van der Waals surface area contributed by atoms with Crippen molar-refractivity contribution < 1.29 is 58.6 Å². The molecule has 0 bridgehead atoms. The Morgan fingerprint density at radius 1 is 0.875 bits per heavy atom. The zero-order valence-corrected chi connectivity index (χ0v) is 20.7. The van der Waals surface area contributed by atoms with E-state index in [4.69, 9.17) is 0 Å². The Hall–Kier alpha value is 0.640. The Morgan fingerprint density at radius 3 is 1.62 bits per heavy atom. The van der Waals surface area contributed by atoms with Gasteiger partial charge in [0.1, 0.15) is 0 Å². The number of hydrogen-bond donors (Lipinski definition) is 2. The molecule has 0 atom stereocenters. The number of aliphatic imine (C=N–C) groups is 2. The largest absolute Gasteiger partial charge is 1.00 e. The Kier molecular flexibility index (Phi) is 19.1. The van der Waals surface area contributed by atoms with E-state index < -0.39 is 0 Å². The van der Waals surface area contributed by atoms with Crippen molar-refractivity contribution in [2.45, 2.75) is 26.9 Å². The molecule has 0 aliphatic rings. The molecule has 24 heavy (non-hydrogen) atoms. The zero-order chi connectivity index (χ0) is 16.2. The van der Waals surface area contributed by atoms with E-state index in [-0.39, 0.29) is 48.0 Å². The summed E-state index contributed by atoms with van der Waals surface area (Å²) in [5.41, 5.74) is 2.49. The van der Waals surface area contributed by atoms with Gasteiger partial charge < -0.3 is 48.0 Å². The zero-order valence-electron chi connectivity index (χ0n) is 14.8. The SMILES string of the molecule is CC[NH2+]C(=NCc1cccc(CN=C([NH2+]CC)SC)c1)SC.[I-].[I-]. The van der Waals surface area contributed by atoms with Gasteiger partial charge in [-0.2, -0.15) is 0 Å². The summed E-state index contributed by atoms with van der Waals surface area (Å²) in [5.74, 6) is 0. The Morgan fingerprint density at radius 2 is 1.29 bits per heavy atom. The van der Waals surface area contributed by atoms with Crippen LogP contribution in [0.3, 0.4) is 0 Å². The van der Waals surface area contributed by atoms with Crippen LogP contribution in [0.15, 0.2) is 34.3 Å². The van der Waals surface area contributed by atoms with Crippen LogP contribution in [0.25, 0.3) is 0 Å². The van der Waals surface area contributed by atoms with Crippen LogP contribution in [0.1, 0.15) is 25.0 Å². The molecule has 0 amide bonds. The van der Waals surface area contributed by atoms with Gasteiger partial charge in [-0.3, -0.25) is 10.6 Å². The first-order valence-corrected chi connectivity index (χ1v) is 10.1. The van der Waals surface area contributed by atoms with Crippen LogP contribution < -0.4 is 58.6 Å². The first-order valence-electron chi connectivity index (χ1n) is 7.64. The van der Waals surface area contributed by atoms with E-state index in [2.05, 4.69) is 71.2 Å². The van der Waals surface area contributed by atoms with Crippen LogP contribution in [0.2, 0.25) is 0 Å². The quantitative estimate of drug-likeness (QED) is 0.198. The van der Waals surface area contributed by atoms with Crippen LogP contribution >= 0.6 is 23.5 Å². The maximum atomic E-state index is 4.66. The van der Waals surface area contributed by atoms with E-state index >= 15 is 0 Å². The highest BCUT2D eigenvalue weighted by Crippen LogP contribution is 2.09. The summed E-state index contributed by atoms with van der Waals surface area (Å²) < 4.78 is 0. The molecule has 0 radical (unpaired) electrons. The standard InChI is InChI=1S/C16H26N4S2.2HI/c1-5-17-15(21-3)19-11-13-8-7-9-14(10-13)12-20-16(22-4)18-6-2;;/h7-10H,5-6,11-12H2,1-4H3,(H,17,19)(H,18,20);2*1H. The second-order valence-electron chi connectivity index (χ2n) is 4.76. The van der Waals surface area contributed by atoms with Crippen molar-refractivity contribution in [1.82, 2.24) is 0 Å². The summed E-state index contributed by atoms with van der Waals surface area (Å²) in [6.07, 6.45) is 4.15. The molecule has 1 aromatic rings. The van der Waals surface area contributed by atoms with Crippen molar-refractivity contribution in [2.24, 2.45) is 9.98 Å². The topological polar surface area (TPSA) is 57.9 Å². The van der Waals surface area contributed by atoms with Gasteiger partial charge in [-0.15, -0.1) is 0 Å². The molecule has 0 aliphatic carbocycles. The molecule has 138 valence electrons. The highest BCUT2D eigenvalue weighted by Gasteiger charge is 2.02. The maximum Gasteiger partial charge on any atom is 0.255 e. The molecule has 0 saturated carbocycles. The highest BCUT2D eigenvalue weighted by atomic mass is 127. The van der Waals surface area contributed by atoms with Gasteiger partial charge in [0, 0.05) is 0 Å². The van der Waals surface area contributed by atoms with Crippen LogP contribution in [0, 0.1) is 0 Å². The van der Waals surface area contributed by atoms with Crippen LogP contribution in [0.5, 0.6) is 0 Å². The Bertz CT molecular complexity index is 469. The van der Waals surface area contributed by atoms with Gasteiger partial charge in [-0.05, 0) is 37.5 Å². The molecule has 0 fully saturated rings. The average molecular weight is 594 g/mol. The second-order valence-corrected chi connectivity index (χ2v) is 6.41. The first kappa shape index (κ1) is 26.9. The molecule has 4 N–H and O–H groups in total. The van der Waals surface area contributed by atoms with Crippen molar-refractivity contribution in [3.05, 3.63) is 35.4 Å². The van der Waals surface area contributed by atoms with E-state index in [1.54, 1.807) is 23.5 Å². The fourth-order valence-corrected chi connectivity index (χ4v) is 2.99. The van der Waals surface area contributed by atoms with E-state index in [9.17, 15) is 0 Å². The van der Waals surface area contributed by atoms with Crippen molar-refractivity contribution in [3.8, 4) is 0 Å². The molecule has 0 unspecified atom stereocenters. The summed E-state index contributed by atoms with van der Waals surface area (Å²) in [7, 11) is 0. The van der Waals surface area contributed by atoms with Crippen LogP contribution in [0.4, 0.5) is 0 Å². The summed E-state index contributed by atoms with van der Waals surface area (Å²) in [6, 6.07) is 8.57. The number of hydrogen-bond acceptors (Lipinski definition) is 4. The fraction of sp³-hybridized carbons (Fsp3) is 0.500. The Balaban J connectivity index is 0. The van der Waals surface area contributed by atoms with Crippen molar-refractivity contribution in [3.63, 3.8) is 0 Å². The van der Waals surface area contributed by atoms with Gasteiger partial charge in [-0.1, -0.05) is 47.8 Å². The number of quaternary nitrogens is 2. The van der Waals surface area contributed by atoms with Gasteiger partial charge in [0.2, 0.25) is 0 Å². The first-order chi connectivity index (χ1) is 10.7. The molecule has 0 saturated heterocycles. The third kappa shape index (κ3) is 11.3. The lowest BCUT2D eigenvalue weighted by Crippen LogP contribution is -3.00. The molecule has 0 heterocycles. The van der Waals surface area contributed by atoms with Gasteiger partial charge in [-0.25, -0.2) is 9.98 Å². The molecule has 8 heteroatoms. The molecule has 0 aliphatic heterocycles. The third-order valence-corrected chi connectivity index (χ3v) is 4.43. The van der Waals surface area contributed by atoms with E-state index in [1.807, 2.05) is 0 Å². The minimum atomic E-state index is 0. The molecule has 0 aromatic heterocycles. The molecular weight excluding hydrogens is 566 g/mol. The lowest BCUT2D eigenvalue weighted by atomic mass is 10.1. The third-order valence-electron chi connectivity index (χ3n) is 3.00. The minimum absolute atomic E-state index is 0. The number of amidine groups is 2.